The molecule has 0 saturated carbocycles. The average molecular weight is 316 g/mol. The van der Waals surface area contributed by atoms with E-state index in [1.807, 2.05) is 0 Å². The van der Waals surface area contributed by atoms with E-state index in [1.165, 1.54) is 12.1 Å². The van der Waals surface area contributed by atoms with Crippen LogP contribution in [0.1, 0.15) is 26.3 Å². The Kier molecular flexibility index (Phi) is 3.18. The summed E-state index contributed by atoms with van der Waals surface area (Å²) in [4.78, 5) is 40.4. The van der Waals surface area contributed by atoms with Crippen LogP contribution in [0.3, 0.4) is 0 Å². The first-order valence-corrected chi connectivity index (χ1v) is 6.47. The molecule has 2 aromatic rings. The van der Waals surface area contributed by atoms with Crippen molar-refractivity contribution in [2.75, 3.05) is 0 Å². The van der Waals surface area contributed by atoms with Crippen LogP contribution < -0.4 is 5.56 Å². The number of benzene rings is 1. The largest absolute Gasteiger partial charge is 0.494 e. The van der Waals surface area contributed by atoms with E-state index in [4.69, 9.17) is 0 Å². The van der Waals surface area contributed by atoms with Gasteiger partial charge in [-0.05, 0) is 24.4 Å². The Morgan fingerprint density at radius 2 is 1.68 bits per heavy atom. The highest BCUT2D eigenvalue weighted by Gasteiger charge is 2.35. The molecular weight excluding hydrogens is 308 g/mol. The summed E-state index contributed by atoms with van der Waals surface area (Å²) in [6, 6.07) is 6.28. The number of aromatic hydroxyl groups is 1. The Bertz CT molecular complexity index is 909. The second-order valence-electron chi connectivity index (χ2n) is 4.38. The highest BCUT2D eigenvalue weighted by atomic mass is 32.1. The van der Waals surface area contributed by atoms with E-state index in [0.717, 1.165) is 6.21 Å². The van der Waals surface area contributed by atoms with Gasteiger partial charge in [-0.15, -0.1) is 0 Å². The van der Waals surface area contributed by atoms with Gasteiger partial charge in [0.25, 0.3) is 17.4 Å². The Balaban J connectivity index is 1.99. The zero-order valence-corrected chi connectivity index (χ0v) is 11.7. The van der Waals surface area contributed by atoms with Crippen LogP contribution in [0.5, 0.6) is 5.88 Å². The highest BCUT2D eigenvalue weighted by molar-refractivity contribution is 7.71. The topological polar surface area (TPSA) is 119 Å². The fourth-order valence-corrected chi connectivity index (χ4v) is 2.19. The third-order valence-corrected chi connectivity index (χ3v) is 3.24. The predicted octanol–water partition coefficient (Wildman–Crippen LogP) is 0.768. The van der Waals surface area contributed by atoms with Crippen LogP contribution in [0.15, 0.2) is 34.2 Å². The van der Waals surface area contributed by atoms with Crippen molar-refractivity contribution in [2.24, 2.45) is 5.10 Å². The van der Waals surface area contributed by atoms with Crippen LogP contribution in [0.25, 0.3) is 0 Å². The van der Waals surface area contributed by atoms with Crippen molar-refractivity contribution in [2.45, 2.75) is 0 Å². The third-order valence-electron chi connectivity index (χ3n) is 3.03. The number of hydrogen-bond acceptors (Lipinski definition) is 6. The van der Waals surface area contributed by atoms with Gasteiger partial charge < -0.3 is 10.1 Å². The van der Waals surface area contributed by atoms with Crippen molar-refractivity contribution in [1.82, 2.24) is 15.0 Å². The molecule has 1 aliphatic rings. The lowest BCUT2D eigenvalue weighted by Crippen LogP contribution is -2.25. The minimum atomic E-state index is -0.693. The lowest BCUT2D eigenvalue weighted by molar-refractivity contribution is 0.0660. The molecule has 8 nitrogen and oxygen atoms in total. The number of imide groups is 1. The van der Waals surface area contributed by atoms with E-state index in [2.05, 4.69) is 27.3 Å². The first-order chi connectivity index (χ1) is 10.5. The fraction of sp³-hybridized carbons (Fsp3) is 0. The zero-order chi connectivity index (χ0) is 15.9. The van der Waals surface area contributed by atoms with E-state index < -0.39 is 23.3 Å². The maximum absolute atomic E-state index is 12.1. The molecule has 0 spiro atoms. The fourth-order valence-electron chi connectivity index (χ4n) is 2.00. The normalized spacial score (nSPS) is 13.9. The molecule has 3 N–H and O–H groups in total. The van der Waals surface area contributed by atoms with E-state index in [-0.39, 0.29) is 21.5 Å². The van der Waals surface area contributed by atoms with Gasteiger partial charge in [0.1, 0.15) is 5.56 Å². The molecule has 2 heterocycles. The van der Waals surface area contributed by atoms with Crippen LogP contribution in [-0.4, -0.2) is 38.1 Å². The van der Waals surface area contributed by atoms with Crippen LogP contribution in [0, 0.1) is 4.77 Å². The number of fused-ring (bicyclic) bond motifs is 1. The minimum Gasteiger partial charge on any atom is -0.494 e. The molecule has 0 fully saturated rings. The molecule has 110 valence electrons. The first kappa shape index (κ1) is 13.9. The first-order valence-electron chi connectivity index (χ1n) is 6.06. The molecule has 0 atom stereocenters. The molecule has 0 bridgehead atoms. The van der Waals surface area contributed by atoms with Crippen LogP contribution in [0.4, 0.5) is 0 Å². The molecule has 3 rings (SSSR count). The lowest BCUT2D eigenvalue weighted by atomic mass is 10.1. The molecule has 0 saturated heterocycles. The summed E-state index contributed by atoms with van der Waals surface area (Å²) in [5.41, 5.74) is -0.475. The van der Waals surface area contributed by atoms with Crippen molar-refractivity contribution >= 4 is 30.2 Å². The number of nitrogens with zero attached hydrogens (tertiary/aromatic N) is 2. The summed E-state index contributed by atoms with van der Waals surface area (Å²) in [7, 11) is 0. The van der Waals surface area contributed by atoms with Crippen molar-refractivity contribution < 1.29 is 14.7 Å². The van der Waals surface area contributed by atoms with Crippen molar-refractivity contribution in [3.63, 3.8) is 0 Å². The highest BCUT2D eigenvalue weighted by Crippen LogP contribution is 2.22. The second-order valence-corrected chi connectivity index (χ2v) is 4.79. The Morgan fingerprint density at radius 3 is 2.23 bits per heavy atom. The number of hydrazone groups is 1. The zero-order valence-electron chi connectivity index (χ0n) is 10.9. The molecule has 0 radical (unpaired) electrons. The lowest BCUT2D eigenvalue weighted by Gasteiger charge is -2.05. The van der Waals surface area contributed by atoms with Gasteiger partial charge in [0.15, 0.2) is 4.77 Å². The quantitative estimate of drug-likeness (QED) is 0.429. The summed E-state index contributed by atoms with van der Waals surface area (Å²) >= 11 is 4.69. The molecule has 0 unspecified atom stereocenters. The standard InChI is InChI=1S/C13H8N4O4S/c18-9-8(10(19)16-13(22)15-9)5-14-17-11(20)6-3-1-2-4-7(6)12(17)21/h1-5H,(H3,15,16,18,19,22). The number of rotatable bonds is 2. The van der Waals surface area contributed by atoms with Gasteiger partial charge in [-0.2, -0.15) is 10.1 Å². The predicted molar refractivity (Wildman–Crippen MR) is 78.4 cm³/mol. The molecule has 1 aliphatic heterocycles. The second kappa shape index (κ2) is 5.04. The SMILES string of the molecule is O=C1c2ccccc2C(=O)N1N=Cc1c(O)[nH]c(=S)[nH]c1=O. The number of aromatic amines is 2. The summed E-state index contributed by atoms with van der Waals surface area (Å²) in [5, 5.41) is 14.0. The summed E-state index contributed by atoms with van der Waals surface area (Å²) < 4.78 is -0.0552. The number of H-pyrrole nitrogens is 2. The van der Waals surface area contributed by atoms with Crippen molar-refractivity contribution in [1.29, 1.82) is 0 Å². The van der Waals surface area contributed by atoms with E-state index in [1.54, 1.807) is 12.1 Å². The monoisotopic (exact) mass is 316 g/mol. The van der Waals surface area contributed by atoms with Gasteiger partial charge >= 0.3 is 0 Å². The van der Waals surface area contributed by atoms with Gasteiger partial charge in [0.2, 0.25) is 5.88 Å². The Hall–Kier alpha value is -3.07. The van der Waals surface area contributed by atoms with Crippen LogP contribution in [0.2, 0.25) is 0 Å². The number of hydrogen-bond donors (Lipinski definition) is 3. The van der Waals surface area contributed by atoms with Crippen LogP contribution >= 0.6 is 12.2 Å². The molecule has 2 amide bonds. The average Bonchev–Trinajstić information content (AvgIpc) is 2.71. The number of amides is 2. The van der Waals surface area contributed by atoms with Gasteiger partial charge in [-0.1, -0.05) is 12.1 Å². The number of aromatic nitrogens is 2. The number of carbonyl (C=O) groups is 2. The Labute approximate surface area is 127 Å². The van der Waals surface area contributed by atoms with E-state index in [9.17, 15) is 19.5 Å². The molecule has 1 aromatic heterocycles. The summed E-state index contributed by atoms with van der Waals surface area (Å²) in [5.74, 6) is -1.71. The molecule has 9 heteroatoms. The number of nitrogens with one attached hydrogen (secondary N) is 2. The van der Waals surface area contributed by atoms with Gasteiger partial charge in [-0.3, -0.25) is 19.4 Å². The molecule has 0 aliphatic carbocycles. The summed E-state index contributed by atoms with van der Waals surface area (Å²) in [6.45, 7) is 0. The van der Waals surface area contributed by atoms with Crippen molar-refractivity contribution in [3.05, 3.63) is 56.1 Å². The minimum absolute atomic E-state index is 0.0552. The van der Waals surface area contributed by atoms with Gasteiger partial charge in [-0.25, -0.2) is 0 Å². The smallest absolute Gasteiger partial charge is 0.282 e. The van der Waals surface area contributed by atoms with Gasteiger partial charge in [0, 0.05) is 0 Å². The van der Waals surface area contributed by atoms with Gasteiger partial charge in [0.05, 0.1) is 17.3 Å². The maximum Gasteiger partial charge on any atom is 0.282 e. The molecule has 22 heavy (non-hydrogen) atoms. The van der Waals surface area contributed by atoms with E-state index in [0.29, 0.717) is 5.01 Å². The number of carbonyl (C=O) groups excluding carboxylic acids is 2. The van der Waals surface area contributed by atoms with Crippen LogP contribution in [-0.2, 0) is 0 Å². The summed E-state index contributed by atoms with van der Waals surface area (Å²) in [6.07, 6.45) is 0.918. The maximum atomic E-state index is 12.1. The Morgan fingerprint density at radius 1 is 1.09 bits per heavy atom. The molecular formula is C13H8N4O4S. The molecule has 1 aromatic carbocycles. The van der Waals surface area contributed by atoms with E-state index >= 15 is 0 Å². The third kappa shape index (κ3) is 2.13. The van der Waals surface area contributed by atoms with Crippen molar-refractivity contribution in [3.8, 4) is 5.88 Å².